The minimum Gasteiger partial charge on any atom is -0.332 e. The van der Waals surface area contributed by atoms with Crippen molar-refractivity contribution in [2.24, 2.45) is 5.73 Å². The maximum absolute atomic E-state index is 13.9. The first-order chi connectivity index (χ1) is 9.06. The van der Waals surface area contributed by atoms with Crippen LogP contribution < -0.4 is 5.73 Å². The van der Waals surface area contributed by atoms with Crippen LogP contribution in [-0.2, 0) is 0 Å². The van der Waals surface area contributed by atoms with Gasteiger partial charge in [0.2, 0.25) is 0 Å². The highest BCUT2D eigenvalue weighted by atomic mass is 35.5. The minimum atomic E-state index is -0.578. The molecule has 5 heteroatoms. The lowest BCUT2D eigenvalue weighted by atomic mass is 9.95. The van der Waals surface area contributed by atoms with Crippen LogP contribution in [-0.4, -0.2) is 29.4 Å². The number of halogens is 2. The molecule has 1 aliphatic rings. The molecule has 2 unspecified atom stereocenters. The van der Waals surface area contributed by atoms with E-state index in [0.717, 1.165) is 19.3 Å². The van der Waals surface area contributed by atoms with Gasteiger partial charge in [0.25, 0.3) is 5.91 Å². The standard InChI is InChI=1S/C14H18ClFN2O/c1-9-4-2-5-10(8-17)18(9)14(19)13-11(15)6-3-7-12(13)16/h3,6-7,9-10H,2,4-5,8,17H2,1H3. The monoisotopic (exact) mass is 284 g/mol. The molecule has 1 aromatic rings. The van der Waals surface area contributed by atoms with Gasteiger partial charge in [0.1, 0.15) is 5.82 Å². The number of nitrogens with two attached hydrogens (primary N) is 1. The molecular weight excluding hydrogens is 267 g/mol. The number of hydrogen-bond acceptors (Lipinski definition) is 2. The zero-order valence-electron chi connectivity index (χ0n) is 10.9. The summed E-state index contributed by atoms with van der Waals surface area (Å²) < 4.78 is 13.9. The van der Waals surface area contributed by atoms with Crippen LogP contribution in [0.4, 0.5) is 4.39 Å². The van der Waals surface area contributed by atoms with Gasteiger partial charge in [-0.3, -0.25) is 4.79 Å². The van der Waals surface area contributed by atoms with Gasteiger partial charge in [-0.1, -0.05) is 17.7 Å². The fourth-order valence-electron chi connectivity index (χ4n) is 2.72. The van der Waals surface area contributed by atoms with Gasteiger partial charge in [-0.2, -0.15) is 0 Å². The number of likely N-dealkylation sites (tertiary alicyclic amines) is 1. The Kier molecular flexibility index (Phi) is 4.42. The lowest BCUT2D eigenvalue weighted by Crippen LogP contribution is -2.52. The second-order valence-electron chi connectivity index (χ2n) is 4.98. The summed E-state index contributed by atoms with van der Waals surface area (Å²) in [6.07, 6.45) is 2.81. The first-order valence-electron chi connectivity index (χ1n) is 6.53. The first kappa shape index (κ1) is 14.3. The molecule has 2 rings (SSSR count). The van der Waals surface area contributed by atoms with Crippen LogP contribution in [0.2, 0.25) is 5.02 Å². The summed E-state index contributed by atoms with van der Waals surface area (Å²) in [6.45, 7) is 2.36. The zero-order valence-corrected chi connectivity index (χ0v) is 11.7. The molecule has 0 saturated carbocycles. The smallest absolute Gasteiger partial charge is 0.258 e. The Balaban J connectivity index is 2.36. The highest BCUT2D eigenvalue weighted by molar-refractivity contribution is 6.33. The van der Waals surface area contributed by atoms with E-state index in [1.165, 1.54) is 18.2 Å². The largest absolute Gasteiger partial charge is 0.332 e. The molecule has 0 aromatic heterocycles. The van der Waals surface area contributed by atoms with E-state index in [4.69, 9.17) is 17.3 Å². The van der Waals surface area contributed by atoms with E-state index in [2.05, 4.69) is 0 Å². The highest BCUT2D eigenvalue weighted by Gasteiger charge is 2.33. The Morgan fingerprint density at radius 1 is 1.53 bits per heavy atom. The van der Waals surface area contributed by atoms with Crippen LogP contribution in [0.1, 0.15) is 36.5 Å². The number of carbonyl (C=O) groups is 1. The van der Waals surface area contributed by atoms with Gasteiger partial charge >= 0.3 is 0 Å². The molecule has 3 nitrogen and oxygen atoms in total. The van der Waals surface area contributed by atoms with Gasteiger partial charge in [-0.05, 0) is 38.3 Å². The van der Waals surface area contributed by atoms with Crippen LogP contribution >= 0.6 is 11.6 Å². The molecule has 1 saturated heterocycles. The molecule has 1 aliphatic heterocycles. The Bertz CT molecular complexity index is 460. The van der Waals surface area contributed by atoms with Gasteiger partial charge < -0.3 is 10.6 Å². The zero-order chi connectivity index (χ0) is 14.0. The van der Waals surface area contributed by atoms with Crippen LogP contribution in [0.15, 0.2) is 18.2 Å². The molecule has 1 heterocycles. The number of benzene rings is 1. The summed E-state index contributed by atoms with van der Waals surface area (Å²) in [5.41, 5.74) is 5.68. The maximum atomic E-state index is 13.9. The van der Waals surface area contributed by atoms with Crippen LogP contribution in [0, 0.1) is 5.82 Å². The third-order valence-electron chi connectivity index (χ3n) is 3.71. The number of nitrogens with zero attached hydrogens (tertiary/aromatic N) is 1. The maximum Gasteiger partial charge on any atom is 0.258 e. The molecule has 1 fully saturated rings. The Hall–Kier alpha value is -1.13. The predicted molar refractivity (Wildman–Crippen MR) is 73.7 cm³/mol. The summed E-state index contributed by atoms with van der Waals surface area (Å²) in [5, 5.41) is 0.151. The van der Waals surface area contributed by atoms with Gasteiger partial charge in [0.15, 0.2) is 0 Å². The van der Waals surface area contributed by atoms with Crippen LogP contribution in [0.25, 0.3) is 0 Å². The minimum absolute atomic E-state index is 0.0353. The summed E-state index contributed by atoms with van der Waals surface area (Å²) in [4.78, 5) is 14.3. The Labute approximate surface area is 117 Å². The summed E-state index contributed by atoms with van der Waals surface area (Å²) in [5.74, 6) is -0.934. The van der Waals surface area contributed by atoms with Gasteiger partial charge in [-0.15, -0.1) is 0 Å². The van der Waals surface area contributed by atoms with Crippen molar-refractivity contribution in [1.82, 2.24) is 4.90 Å². The molecule has 19 heavy (non-hydrogen) atoms. The SMILES string of the molecule is CC1CCCC(CN)N1C(=O)c1c(F)cccc1Cl. The Morgan fingerprint density at radius 3 is 2.89 bits per heavy atom. The van der Waals surface area contributed by atoms with Crippen molar-refractivity contribution in [3.8, 4) is 0 Å². The van der Waals surface area contributed by atoms with E-state index in [1.54, 1.807) is 4.90 Å². The van der Waals surface area contributed by atoms with Crippen molar-refractivity contribution in [1.29, 1.82) is 0 Å². The number of amides is 1. The molecule has 104 valence electrons. The van der Waals surface area contributed by atoms with Gasteiger partial charge in [0, 0.05) is 18.6 Å². The molecule has 0 spiro atoms. The molecule has 2 N–H and O–H groups in total. The second kappa shape index (κ2) is 5.88. The summed E-state index contributed by atoms with van der Waals surface area (Å²) in [7, 11) is 0. The van der Waals surface area contributed by atoms with Gasteiger partial charge in [0.05, 0.1) is 10.6 Å². The van der Waals surface area contributed by atoms with E-state index in [0.29, 0.717) is 6.54 Å². The normalized spacial score (nSPS) is 23.5. The van der Waals surface area contributed by atoms with Crippen molar-refractivity contribution in [2.45, 2.75) is 38.3 Å². The number of rotatable bonds is 2. The molecular formula is C14H18ClFN2O. The Morgan fingerprint density at radius 2 is 2.26 bits per heavy atom. The lowest BCUT2D eigenvalue weighted by molar-refractivity contribution is 0.0489. The first-order valence-corrected chi connectivity index (χ1v) is 6.90. The molecule has 1 amide bonds. The fourth-order valence-corrected chi connectivity index (χ4v) is 2.96. The van der Waals surface area contributed by atoms with E-state index in [9.17, 15) is 9.18 Å². The average Bonchev–Trinajstić information content (AvgIpc) is 2.37. The molecule has 0 radical (unpaired) electrons. The van der Waals surface area contributed by atoms with E-state index in [1.807, 2.05) is 6.92 Å². The van der Waals surface area contributed by atoms with E-state index >= 15 is 0 Å². The molecule has 1 aromatic carbocycles. The quantitative estimate of drug-likeness (QED) is 0.908. The second-order valence-corrected chi connectivity index (χ2v) is 5.39. The van der Waals surface area contributed by atoms with E-state index in [-0.39, 0.29) is 28.6 Å². The predicted octanol–water partition coefficient (Wildman–Crippen LogP) is 2.82. The highest BCUT2D eigenvalue weighted by Crippen LogP contribution is 2.28. The topological polar surface area (TPSA) is 46.3 Å². The van der Waals surface area contributed by atoms with Gasteiger partial charge in [-0.25, -0.2) is 4.39 Å². The third kappa shape index (κ3) is 2.74. The van der Waals surface area contributed by atoms with E-state index < -0.39 is 5.82 Å². The van der Waals surface area contributed by atoms with Crippen molar-refractivity contribution in [3.63, 3.8) is 0 Å². The third-order valence-corrected chi connectivity index (χ3v) is 4.03. The van der Waals surface area contributed by atoms with Crippen molar-refractivity contribution >= 4 is 17.5 Å². The molecule has 2 atom stereocenters. The van der Waals surface area contributed by atoms with Crippen molar-refractivity contribution < 1.29 is 9.18 Å². The average molecular weight is 285 g/mol. The summed E-state index contributed by atoms with van der Waals surface area (Å²) in [6, 6.07) is 4.31. The number of hydrogen-bond donors (Lipinski definition) is 1. The number of carbonyl (C=O) groups excluding carboxylic acids is 1. The van der Waals surface area contributed by atoms with Crippen molar-refractivity contribution in [3.05, 3.63) is 34.6 Å². The van der Waals surface area contributed by atoms with Crippen LogP contribution in [0.3, 0.4) is 0 Å². The van der Waals surface area contributed by atoms with Crippen molar-refractivity contribution in [2.75, 3.05) is 6.54 Å². The lowest BCUT2D eigenvalue weighted by Gasteiger charge is -2.40. The van der Waals surface area contributed by atoms with Crippen LogP contribution in [0.5, 0.6) is 0 Å². The molecule has 0 aliphatic carbocycles. The summed E-state index contributed by atoms with van der Waals surface area (Å²) >= 11 is 5.96. The number of piperidine rings is 1. The fraction of sp³-hybridized carbons (Fsp3) is 0.500. The molecule has 0 bridgehead atoms.